The second-order valence-electron chi connectivity index (χ2n) is 5.04. The number of hydrogen-bond acceptors (Lipinski definition) is 7. The average Bonchev–Trinajstić information content (AvgIpc) is 2.97. The van der Waals surface area contributed by atoms with Crippen molar-refractivity contribution in [1.29, 1.82) is 0 Å². The highest BCUT2D eigenvalue weighted by Crippen LogP contribution is 2.26. The van der Waals surface area contributed by atoms with Crippen LogP contribution < -0.4 is 4.90 Å². The quantitative estimate of drug-likeness (QED) is 0.679. The molecular formula is C14H14N7O. The molecule has 1 radical (unpaired) electrons. The zero-order valence-corrected chi connectivity index (χ0v) is 12.1. The highest BCUT2D eigenvalue weighted by molar-refractivity contribution is 5.85. The van der Waals surface area contributed by atoms with Gasteiger partial charge in [-0.25, -0.2) is 24.9 Å². The molecule has 3 aromatic rings. The maximum Gasteiger partial charge on any atom is 0.178 e. The van der Waals surface area contributed by atoms with Crippen LogP contribution in [0.5, 0.6) is 0 Å². The van der Waals surface area contributed by atoms with E-state index in [4.69, 9.17) is 9.72 Å². The van der Waals surface area contributed by atoms with Crippen LogP contribution in [0.15, 0.2) is 18.7 Å². The van der Waals surface area contributed by atoms with Crippen molar-refractivity contribution >= 4 is 17.0 Å². The van der Waals surface area contributed by atoms with Crippen molar-refractivity contribution in [2.24, 2.45) is 7.05 Å². The summed E-state index contributed by atoms with van der Waals surface area (Å²) in [5, 5.41) is 0. The van der Waals surface area contributed by atoms with Gasteiger partial charge in [-0.3, -0.25) is 0 Å². The van der Waals surface area contributed by atoms with Crippen molar-refractivity contribution in [3.05, 3.63) is 25.0 Å². The fourth-order valence-corrected chi connectivity index (χ4v) is 2.48. The summed E-state index contributed by atoms with van der Waals surface area (Å²) in [4.78, 5) is 23.8. The van der Waals surface area contributed by atoms with Crippen LogP contribution in [-0.4, -0.2) is 55.8 Å². The predicted molar refractivity (Wildman–Crippen MR) is 79.2 cm³/mol. The SMILES string of the molecule is Cn1[c]nc2c(N3CCOCC3)nc(-c3cncnc3)nc21. The molecule has 111 valence electrons. The minimum absolute atomic E-state index is 0.589. The van der Waals surface area contributed by atoms with Crippen molar-refractivity contribution < 1.29 is 4.74 Å². The lowest BCUT2D eigenvalue weighted by Gasteiger charge is -2.28. The van der Waals surface area contributed by atoms with Crippen LogP contribution in [0.25, 0.3) is 22.6 Å². The molecule has 22 heavy (non-hydrogen) atoms. The predicted octanol–water partition coefficient (Wildman–Crippen LogP) is 0.457. The second-order valence-corrected chi connectivity index (χ2v) is 5.04. The molecule has 1 saturated heterocycles. The number of aromatic nitrogens is 6. The molecule has 0 aromatic carbocycles. The summed E-state index contributed by atoms with van der Waals surface area (Å²) in [5.41, 5.74) is 2.28. The molecule has 0 atom stereocenters. The highest BCUT2D eigenvalue weighted by Gasteiger charge is 2.20. The fourth-order valence-electron chi connectivity index (χ4n) is 2.48. The van der Waals surface area contributed by atoms with Crippen molar-refractivity contribution in [2.45, 2.75) is 0 Å². The van der Waals surface area contributed by atoms with E-state index in [0.29, 0.717) is 19.0 Å². The van der Waals surface area contributed by atoms with E-state index >= 15 is 0 Å². The first kappa shape index (κ1) is 13.1. The Balaban J connectivity index is 1.90. The summed E-state index contributed by atoms with van der Waals surface area (Å²) < 4.78 is 7.19. The standard InChI is InChI=1S/C14H14N7O/c1-20-9-17-11-13(20)18-12(10-6-15-8-16-7-10)19-14(11)21-2-4-22-5-3-21/h6-8H,2-5H2,1H3. The largest absolute Gasteiger partial charge is 0.378 e. The zero-order chi connectivity index (χ0) is 14.9. The van der Waals surface area contributed by atoms with E-state index in [2.05, 4.69) is 31.2 Å². The third kappa shape index (κ3) is 2.17. The van der Waals surface area contributed by atoms with Gasteiger partial charge in [0.05, 0.1) is 18.8 Å². The van der Waals surface area contributed by atoms with E-state index in [-0.39, 0.29) is 0 Å². The van der Waals surface area contributed by atoms with Gasteiger partial charge in [0.1, 0.15) is 6.33 Å². The third-order valence-electron chi connectivity index (χ3n) is 3.61. The molecule has 0 N–H and O–H groups in total. The Bertz CT molecular complexity index is 796. The topological polar surface area (TPSA) is 81.9 Å². The number of rotatable bonds is 2. The van der Waals surface area contributed by atoms with Crippen LogP contribution in [0.3, 0.4) is 0 Å². The van der Waals surface area contributed by atoms with Gasteiger partial charge in [-0.15, -0.1) is 0 Å². The van der Waals surface area contributed by atoms with Crippen molar-refractivity contribution in [2.75, 3.05) is 31.2 Å². The molecule has 0 spiro atoms. The average molecular weight is 296 g/mol. The summed E-state index contributed by atoms with van der Waals surface area (Å²) in [7, 11) is 1.87. The summed E-state index contributed by atoms with van der Waals surface area (Å²) in [6.07, 6.45) is 7.81. The molecular weight excluding hydrogens is 282 g/mol. The normalized spacial score (nSPS) is 15.4. The molecule has 1 fully saturated rings. The van der Waals surface area contributed by atoms with Gasteiger partial charge in [0.2, 0.25) is 0 Å². The highest BCUT2D eigenvalue weighted by atomic mass is 16.5. The Hall–Kier alpha value is -2.61. The lowest BCUT2D eigenvalue weighted by molar-refractivity contribution is 0.122. The molecule has 0 amide bonds. The van der Waals surface area contributed by atoms with Crippen LogP contribution in [0.4, 0.5) is 5.82 Å². The molecule has 1 aliphatic rings. The summed E-state index contributed by atoms with van der Waals surface area (Å²) in [6.45, 7) is 2.94. The maximum absolute atomic E-state index is 5.41. The first-order valence-electron chi connectivity index (χ1n) is 7.03. The lowest BCUT2D eigenvalue weighted by atomic mass is 10.3. The minimum Gasteiger partial charge on any atom is -0.378 e. The molecule has 4 heterocycles. The van der Waals surface area contributed by atoms with E-state index in [1.807, 2.05) is 7.05 Å². The fraction of sp³-hybridized carbons (Fsp3) is 0.357. The molecule has 3 aromatic heterocycles. The van der Waals surface area contributed by atoms with Crippen LogP contribution in [0.2, 0.25) is 0 Å². The number of aryl methyl sites for hydroxylation is 1. The lowest BCUT2D eigenvalue weighted by Crippen LogP contribution is -2.37. The Morgan fingerprint density at radius 3 is 2.68 bits per heavy atom. The number of imidazole rings is 1. The molecule has 0 unspecified atom stereocenters. The van der Waals surface area contributed by atoms with Crippen molar-refractivity contribution in [1.82, 2.24) is 29.5 Å². The first-order chi connectivity index (χ1) is 10.8. The monoisotopic (exact) mass is 296 g/mol. The Labute approximate surface area is 126 Å². The Morgan fingerprint density at radius 2 is 1.91 bits per heavy atom. The number of hydrogen-bond donors (Lipinski definition) is 0. The number of ether oxygens (including phenoxy) is 1. The third-order valence-corrected chi connectivity index (χ3v) is 3.61. The number of morpholine rings is 1. The van der Waals surface area contributed by atoms with Crippen LogP contribution in [0, 0.1) is 6.33 Å². The molecule has 8 nitrogen and oxygen atoms in total. The van der Waals surface area contributed by atoms with Gasteiger partial charge in [-0.05, 0) is 0 Å². The Morgan fingerprint density at radius 1 is 1.14 bits per heavy atom. The van der Waals surface area contributed by atoms with Gasteiger partial charge in [-0.1, -0.05) is 0 Å². The molecule has 8 heteroatoms. The van der Waals surface area contributed by atoms with E-state index in [9.17, 15) is 0 Å². The summed E-state index contributed by atoms with van der Waals surface area (Å²) in [5.74, 6) is 1.40. The first-order valence-corrected chi connectivity index (χ1v) is 7.03. The summed E-state index contributed by atoms with van der Waals surface area (Å²) in [6, 6.07) is 0. The second kappa shape index (κ2) is 5.30. The van der Waals surface area contributed by atoms with Crippen LogP contribution in [0.1, 0.15) is 0 Å². The van der Waals surface area contributed by atoms with Crippen molar-refractivity contribution in [3.8, 4) is 11.4 Å². The van der Waals surface area contributed by atoms with E-state index in [1.54, 1.807) is 17.0 Å². The number of anilines is 1. The smallest absolute Gasteiger partial charge is 0.178 e. The Kier molecular flexibility index (Phi) is 3.15. The molecule has 0 saturated carbocycles. The molecule has 0 aliphatic carbocycles. The van der Waals surface area contributed by atoms with Gasteiger partial charge >= 0.3 is 0 Å². The molecule has 0 bridgehead atoms. The van der Waals surface area contributed by atoms with Crippen LogP contribution in [-0.2, 0) is 11.8 Å². The van der Waals surface area contributed by atoms with E-state index in [1.165, 1.54) is 6.33 Å². The van der Waals surface area contributed by atoms with Crippen molar-refractivity contribution in [3.63, 3.8) is 0 Å². The van der Waals surface area contributed by atoms with Gasteiger partial charge in [0.15, 0.2) is 29.1 Å². The number of nitrogens with zero attached hydrogens (tertiary/aromatic N) is 7. The van der Waals surface area contributed by atoms with E-state index in [0.717, 1.165) is 35.6 Å². The zero-order valence-electron chi connectivity index (χ0n) is 12.1. The van der Waals surface area contributed by atoms with E-state index < -0.39 is 0 Å². The van der Waals surface area contributed by atoms with Gasteiger partial charge in [-0.2, -0.15) is 0 Å². The molecule has 1 aliphatic heterocycles. The minimum atomic E-state index is 0.589. The summed E-state index contributed by atoms with van der Waals surface area (Å²) >= 11 is 0. The van der Waals surface area contributed by atoms with Gasteiger partial charge < -0.3 is 14.2 Å². The van der Waals surface area contributed by atoms with Crippen LogP contribution >= 0.6 is 0 Å². The van der Waals surface area contributed by atoms with Gasteiger partial charge in [0.25, 0.3) is 0 Å². The number of fused-ring (bicyclic) bond motifs is 1. The van der Waals surface area contributed by atoms with Gasteiger partial charge in [0, 0.05) is 32.5 Å². The maximum atomic E-state index is 5.41. The molecule has 4 rings (SSSR count).